The first kappa shape index (κ1) is 24.0. The van der Waals surface area contributed by atoms with E-state index in [2.05, 4.69) is 20.5 Å². The third kappa shape index (κ3) is 5.67. The maximum absolute atomic E-state index is 12.9. The van der Waals surface area contributed by atoms with Crippen LogP contribution in [0.4, 0.5) is 17.2 Å². The Morgan fingerprint density at radius 1 is 1.00 bits per heavy atom. The van der Waals surface area contributed by atoms with Gasteiger partial charge in [-0.3, -0.25) is 9.59 Å². The molecule has 1 saturated heterocycles. The number of piperidine rings is 1. The summed E-state index contributed by atoms with van der Waals surface area (Å²) in [5, 5.41) is 16.1. The molecule has 0 radical (unpaired) electrons. The Bertz CT molecular complexity index is 1230. The lowest BCUT2D eigenvalue weighted by atomic mass is 10.1. The van der Waals surface area contributed by atoms with E-state index in [1.54, 1.807) is 55.5 Å². The average molecular weight is 499 g/mol. The summed E-state index contributed by atoms with van der Waals surface area (Å²) in [6.45, 7) is 3.25. The van der Waals surface area contributed by atoms with E-state index in [-0.39, 0.29) is 17.9 Å². The zero-order chi connectivity index (χ0) is 24.2. The number of aliphatic hydroxyl groups is 1. The molecular weight excluding hydrogens is 475 g/mol. The number of aromatic nitrogens is 1. The van der Waals surface area contributed by atoms with Gasteiger partial charge in [-0.1, -0.05) is 29.3 Å². The lowest BCUT2D eigenvalue weighted by Crippen LogP contribution is -2.36. The number of pyridine rings is 1. The van der Waals surface area contributed by atoms with Crippen LogP contribution in [0.25, 0.3) is 0 Å². The van der Waals surface area contributed by atoms with Gasteiger partial charge in [-0.2, -0.15) is 0 Å². The van der Waals surface area contributed by atoms with Crippen LogP contribution in [0.1, 0.15) is 39.3 Å². The predicted molar refractivity (Wildman–Crippen MR) is 135 cm³/mol. The van der Waals surface area contributed by atoms with Gasteiger partial charge in [0.05, 0.1) is 28.1 Å². The van der Waals surface area contributed by atoms with Crippen molar-refractivity contribution in [1.29, 1.82) is 0 Å². The molecule has 0 atom stereocenters. The molecule has 2 amide bonds. The zero-order valence-electron chi connectivity index (χ0n) is 18.5. The fraction of sp³-hybridized carbons (Fsp3) is 0.240. The van der Waals surface area contributed by atoms with Gasteiger partial charge in [-0.15, -0.1) is 0 Å². The summed E-state index contributed by atoms with van der Waals surface area (Å²) in [7, 11) is 0. The second-order valence-corrected chi connectivity index (χ2v) is 8.98. The van der Waals surface area contributed by atoms with Crippen molar-refractivity contribution in [2.24, 2.45) is 0 Å². The maximum atomic E-state index is 12.9. The molecule has 2 heterocycles. The van der Waals surface area contributed by atoms with Gasteiger partial charge < -0.3 is 20.6 Å². The second kappa shape index (κ2) is 10.4. The zero-order valence-corrected chi connectivity index (χ0v) is 20.0. The number of nitrogens with zero attached hydrogens (tertiary/aromatic N) is 2. The minimum Gasteiger partial charge on any atom is -0.393 e. The van der Waals surface area contributed by atoms with Crippen molar-refractivity contribution in [2.45, 2.75) is 25.9 Å². The van der Waals surface area contributed by atoms with Gasteiger partial charge in [-0.05, 0) is 68.3 Å². The van der Waals surface area contributed by atoms with Gasteiger partial charge >= 0.3 is 0 Å². The molecule has 3 aromatic rings. The molecule has 0 bridgehead atoms. The Morgan fingerprint density at radius 3 is 2.47 bits per heavy atom. The normalized spacial score (nSPS) is 14.1. The first-order chi connectivity index (χ1) is 16.3. The summed E-state index contributed by atoms with van der Waals surface area (Å²) in [6.07, 6.45) is 1.15. The number of aryl methyl sites for hydroxylation is 1. The largest absolute Gasteiger partial charge is 0.393 e. The number of anilines is 3. The van der Waals surface area contributed by atoms with Crippen LogP contribution in [0.2, 0.25) is 10.0 Å². The molecular formula is C25H24Cl2N4O3. The number of aliphatic hydroxyl groups excluding tert-OH is 1. The van der Waals surface area contributed by atoms with Crippen LogP contribution < -0.4 is 15.5 Å². The number of amides is 2. The SMILES string of the molecule is Cc1nc(N2CCC(O)CC2)ccc1C(=O)Nc1ccc(Cl)c(NC(=O)c2cccc(Cl)c2)c1. The highest BCUT2D eigenvalue weighted by Crippen LogP contribution is 2.27. The van der Waals surface area contributed by atoms with E-state index < -0.39 is 0 Å². The number of hydrogen-bond acceptors (Lipinski definition) is 5. The van der Waals surface area contributed by atoms with Crippen LogP contribution >= 0.6 is 23.2 Å². The lowest BCUT2D eigenvalue weighted by Gasteiger charge is -2.30. The van der Waals surface area contributed by atoms with E-state index in [1.165, 1.54) is 0 Å². The molecule has 1 aromatic heterocycles. The van der Waals surface area contributed by atoms with Crippen LogP contribution in [-0.4, -0.2) is 41.1 Å². The van der Waals surface area contributed by atoms with Crippen LogP contribution in [0.15, 0.2) is 54.6 Å². The summed E-state index contributed by atoms with van der Waals surface area (Å²) in [6, 6.07) is 15.0. The van der Waals surface area contributed by atoms with Crippen molar-refractivity contribution in [3.63, 3.8) is 0 Å². The van der Waals surface area contributed by atoms with Crippen molar-refractivity contribution < 1.29 is 14.7 Å². The molecule has 7 nitrogen and oxygen atoms in total. The number of carbonyl (C=O) groups excluding carboxylic acids is 2. The second-order valence-electron chi connectivity index (χ2n) is 8.13. The minimum absolute atomic E-state index is 0.262. The molecule has 176 valence electrons. The van der Waals surface area contributed by atoms with Gasteiger partial charge in [0.1, 0.15) is 5.82 Å². The topological polar surface area (TPSA) is 94.6 Å². The Morgan fingerprint density at radius 2 is 1.76 bits per heavy atom. The highest BCUT2D eigenvalue weighted by atomic mass is 35.5. The van der Waals surface area contributed by atoms with Crippen molar-refractivity contribution in [3.8, 4) is 0 Å². The third-order valence-electron chi connectivity index (χ3n) is 5.66. The van der Waals surface area contributed by atoms with E-state index in [4.69, 9.17) is 23.2 Å². The Balaban J connectivity index is 1.46. The van der Waals surface area contributed by atoms with Crippen LogP contribution in [0.5, 0.6) is 0 Å². The number of halogens is 2. The van der Waals surface area contributed by atoms with Crippen LogP contribution in [-0.2, 0) is 0 Å². The van der Waals surface area contributed by atoms with E-state index in [9.17, 15) is 14.7 Å². The fourth-order valence-corrected chi connectivity index (χ4v) is 4.14. The van der Waals surface area contributed by atoms with Crippen molar-refractivity contribution in [3.05, 3.63) is 81.5 Å². The average Bonchev–Trinajstić information content (AvgIpc) is 2.81. The Labute approximate surface area is 207 Å². The molecule has 34 heavy (non-hydrogen) atoms. The van der Waals surface area contributed by atoms with Gasteiger partial charge in [0.15, 0.2) is 0 Å². The summed E-state index contributed by atoms with van der Waals surface area (Å²) in [4.78, 5) is 32.2. The monoisotopic (exact) mass is 498 g/mol. The van der Waals surface area contributed by atoms with Gasteiger partial charge in [0, 0.05) is 29.4 Å². The molecule has 0 aliphatic carbocycles. The van der Waals surface area contributed by atoms with Crippen molar-refractivity contribution in [1.82, 2.24) is 4.98 Å². The van der Waals surface area contributed by atoms with Crippen LogP contribution in [0, 0.1) is 6.92 Å². The van der Waals surface area contributed by atoms with Crippen molar-refractivity contribution in [2.75, 3.05) is 28.6 Å². The number of nitrogens with one attached hydrogen (secondary N) is 2. The fourth-order valence-electron chi connectivity index (χ4n) is 3.78. The van der Waals surface area contributed by atoms with Gasteiger partial charge in [0.25, 0.3) is 11.8 Å². The van der Waals surface area contributed by atoms with Crippen molar-refractivity contribution >= 4 is 52.2 Å². The highest BCUT2D eigenvalue weighted by Gasteiger charge is 2.20. The molecule has 4 rings (SSSR count). The molecule has 3 N–H and O–H groups in total. The number of carbonyl (C=O) groups is 2. The predicted octanol–water partition coefficient (Wildman–Crippen LogP) is 5.16. The molecule has 1 fully saturated rings. The summed E-state index contributed by atoms with van der Waals surface area (Å²) in [5.74, 6) is 0.104. The van der Waals surface area contributed by atoms with E-state index in [0.717, 1.165) is 18.9 Å². The quantitative estimate of drug-likeness (QED) is 0.451. The van der Waals surface area contributed by atoms with E-state index >= 15 is 0 Å². The molecule has 0 spiro atoms. The third-order valence-corrected chi connectivity index (χ3v) is 6.23. The standard InChI is InChI=1S/C25H24Cl2N4O3/c1-15-20(6-8-23(28-15)31-11-9-19(32)10-12-31)25(34)29-18-5-7-21(27)22(14-18)30-24(33)16-3-2-4-17(26)13-16/h2-8,13-14,19,32H,9-12H2,1H3,(H,29,34)(H,30,33). The van der Waals surface area contributed by atoms with Gasteiger partial charge in [0.2, 0.25) is 0 Å². The van der Waals surface area contributed by atoms with Crippen LogP contribution in [0.3, 0.4) is 0 Å². The molecule has 1 aliphatic heterocycles. The molecule has 2 aromatic carbocycles. The van der Waals surface area contributed by atoms with E-state index in [1.807, 2.05) is 6.07 Å². The first-order valence-electron chi connectivity index (χ1n) is 10.9. The molecule has 0 unspecified atom stereocenters. The lowest BCUT2D eigenvalue weighted by molar-refractivity contribution is 0.101. The first-order valence-corrected chi connectivity index (χ1v) is 11.6. The maximum Gasteiger partial charge on any atom is 0.257 e. The Hall–Kier alpha value is -3.13. The number of hydrogen-bond donors (Lipinski definition) is 3. The highest BCUT2D eigenvalue weighted by molar-refractivity contribution is 6.34. The molecule has 9 heteroatoms. The molecule has 1 aliphatic rings. The Kier molecular flexibility index (Phi) is 7.36. The number of rotatable bonds is 5. The van der Waals surface area contributed by atoms with E-state index in [0.29, 0.717) is 51.1 Å². The smallest absolute Gasteiger partial charge is 0.257 e. The summed E-state index contributed by atoms with van der Waals surface area (Å²) < 4.78 is 0. The minimum atomic E-state index is -0.367. The number of benzene rings is 2. The summed E-state index contributed by atoms with van der Waals surface area (Å²) >= 11 is 12.2. The van der Waals surface area contributed by atoms with Gasteiger partial charge in [-0.25, -0.2) is 4.98 Å². The molecule has 0 saturated carbocycles. The summed E-state index contributed by atoms with van der Waals surface area (Å²) in [5.41, 5.74) is 2.28.